The first-order valence-corrected chi connectivity index (χ1v) is 7.53. The van der Waals surface area contributed by atoms with Crippen molar-refractivity contribution in [1.82, 2.24) is 10.2 Å². The highest BCUT2D eigenvalue weighted by molar-refractivity contribution is 6.05. The van der Waals surface area contributed by atoms with Crippen molar-refractivity contribution >= 4 is 29.1 Å². The number of benzene rings is 1. The maximum atomic E-state index is 12.7. The lowest BCUT2D eigenvalue weighted by atomic mass is 10.1. The molecule has 0 radical (unpaired) electrons. The molecule has 0 bridgehead atoms. The van der Waals surface area contributed by atoms with Crippen molar-refractivity contribution < 1.29 is 14.4 Å². The molecule has 0 spiro atoms. The Morgan fingerprint density at radius 3 is 2.78 bits per heavy atom. The number of carbonyl (C=O) groups excluding carboxylic acids is 3. The number of anilines is 2. The number of amides is 3. The van der Waals surface area contributed by atoms with Crippen molar-refractivity contribution in [3.63, 3.8) is 0 Å². The quantitative estimate of drug-likeness (QED) is 0.843. The molecule has 1 heterocycles. The zero-order valence-corrected chi connectivity index (χ0v) is 13.6. The molecule has 1 aromatic rings. The lowest BCUT2D eigenvalue weighted by Crippen LogP contribution is -2.46. The molecule has 1 aliphatic heterocycles. The Kier molecular flexibility index (Phi) is 5.33. The van der Waals surface area contributed by atoms with Crippen molar-refractivity contribution in [2.75, 3.05) is 37.4 Å². The average molecular weight is 318 g/mol. The number of rotatable bonds is 4. The molecule has 0 saturated heterocycles. The van der Waals surface area contributed by atoms with E-state index >= 15 is 0 Å². The smallest absolute Gasteiger partial charge is 0.246 e. The van der Waals surface area contributed by atoms with E-state index in [0.717, 1.165) is 0 Å². The minimum Gasteiger partial charge on any atom is -0.335 e. The van der Waals surface area contributed by atoms with Gasteiger partial charge in [-0.25, -0.2) is 0 Å². The normalized spacial score (nSPS) is 17.1. The third-order valence-electron chi connectivity index (χ3n) is 3.75. The topological polar surface area (TPSA) is 81.8 Å². The van der Waals surface area contributed by atoms with Crippen LogP contribution in [-0.4, -0.2) is 55.8 Å². The number of para-hydroxylation sites is 2. The van der Waals surface area contributed by atoms with Gasteiger partial charge in [-0.2, -0.15) is 0 Å². The van der Waals surface area contributed by atoms with E-state index in [0.29, 0.717) is 11.4 Å². The number of hydrogen-bond acceptors (Lipinski definition) is 4. The SMILES string of the molecule is CNCC(=O)N(C)CC(=O)N1c2ccccc2NC(=O)CC1C. The van der Waals surface area contributed by atoms with Gasteiger partial charge in [0.1, 0.15) is 0 Å². The van der Waals surface area contributed by atoms with E-state index in [1.807, 2.05) is 13.0 Å². The number of carbonyl (C=O) groups is 3. The van der Waals surface area contributed by atoms with E-state index in [-0.39, 0.29) is 43.3 Å². The second kappa shape index (κ2) is 7.23. The van der Waals surface area contributed by atoms with Crippen LogP contribution in [0.4, 0.5) is 11.4 Å². The van der Waals surface area contributed by atoms with Gasteiger partial charge in [-0.05, 0) is 26.1 Å². The molecule has 3 amide bonds. The fraction of sp³-hybridized carbons (Fsp3) is 0.438. The molecule has 1 unspecified atom stereocenters. The summed E-state index contributed by atoms with van der Waals surface area (Å²) in [6.07, 6.45) is 0.217. The summed E-state index contributed by atoms with van der Waals surface area (Å²) in [7, 11) is 3.27. The molecule has 2 rings (SSSR count). The third-order valence-corrected chi connectivity index (χ3v) is 3.75. The van der Waals surface area contributed by atoms with E-state index in [1.54, 1.807) is 37.2 Å². The van der Waals surface area contributed by atoms with E-state index in [1.165, 1.54) is 4.90 Å². The van der Waals surface area contributed by atoms with Gasteiger partial charge in [0.2, 0.25) is 17.7 Å². The molecule has 7 heteroatoms. The number of nitrogens with zero attached hydrogens (tertiary/aromatic N) is 2. The van der Waals surface area contributed by atoms with Gasteiger partial charge in [0.15, 0.2) is 0 Å². The summed E-state index contributed by atoms with van der Waals surface area (Å²) in [4.78, 5) is 39.5. The van der Waals surface area contributed by atoms with Crippen molar-refractivity contribution in [3.8, 4) is 0 Å². The molecule has 1 aliphatic rings. The van der Waals surface area contributed by atoms with Crippen LogP contribution in [0.5, 0.6) is 0 Å². The fourth-order valence-corrected chi connectivity index (χ4v) is 2.62. The summed E-state index contributed by atoms with van der Waals surface area (Å²) < 4.78 is 0. The Morgan fingerprint density at radius 2 is 2.09 bits per heavy atom. The van der Waals surface area contributed by atoms with Crippen molar-refractivity contribution in [2.45, 2.75) is 19.4 Å². The Morgan fingerprint density at radius 1 is 1.39 bits per heavy atom. The molecule has 7 nitrogen and oxygen atoms in total. The van der Waals surface area contributed by atoms with Gasteiger partial charge in [0.25, 0.3) is 0 Å². The van der Waals surface area contributed by atoms with Crippen LogP contribution in [0.2, 0.25) is 0 Å². The zero-order chi connectivity index (χ0) is 17.0. The van der Waals surface area contributed by atoms with Gasteiger partial charge in [-0.3, -0.25) is 14.4 Å². The second-order valence-electron chi connectivity index (χ2n) is 5.66. The van der Waals surface area contributed by atoms with Gasteiger partial charge in [-0.15, -0.1) is 0 Å². The first kappa shape index (κ1) is 17.0. The van der Waals surface area contributed by atoms with E-state index in [2.05, 4.69) is 10.6 Å². The first-order valence-electron chi connectivity index (χ1n) is 7.53. The fourth-order valence-electron chi connectivity index (χ4n) is 2.62. The molecule has 0 aromatic heterocycles. The molecule has 1 aromatic carbocycles. The average Bonchev–Trinajstić information content (AvgIpc) is 2.61. The molecule has 2 N–H and O–H groups in total. The highest BCUT2D eigenvalue weighted by Crippen LogP contribution is 2.31. The predicted octanol–water partition coefficient (Wildman–Crippen LogP) is 0.428. The highest BCUT2D eigenvalue weighted by atomic mass is 16.2. The van der Waals surface area contributed by atoms with Crippen LogP contribution in [0.15, 0.2) is 24.3 Å². The van der Waals surface area contributed by atoms with Crippen molar-refractivity contribution in [3.05, 3.63) is 24.3 Å². The lowest BCUT2D eigenvalue weighted by Gasteiger charge is -2.29. The third kappa shape index (κ3) is 3.87. The molecule has 0 fully saturated rings. The van der Waals surface area contributed by atoms with Gasteiger partial charge >= 0.3 is 0 Å². The van der Waals surface area contributed by atoms with Gasteiger partial charge < -0.3 is 20.4 Å². The standard InChI is InChI=1S/C16H22N4O3/c1-11-8-14(21)18-12-6-4-5-7-13(12)20(11)16(23)10-19(3)15(22)9-17-2/h4-7,11,17H,8-10H2,1-3H3,(H,18,21). The van der Waals surface area contributed by atoms with Crippen LogP contribution >= 0.6 is 0 Å². The number of fused-ring (bicyclic) bond motifs is 1. The highest BCUT2D eigenvalue weighted by Gasteiger charge is 2.30. The van der Waals surface area contributed by atoms with Crippen LogP contribution < -0.4 is 15.5 Å². The van der Waals surface area contributed by atoms with Crippen LogP contribution in [0.3, 0.4) is 0 Å². The minimum atomic E-state index is -0.279. The molecular weight excluding hydrogens is 296 g/mol. The lowest BCUT2D eigenvalue weighted by molar-refractivity contribution is -0.133. The maximum Gasteiger partial charge on any atom is 0.246 e. The number of hydrogen-bond donors (Lipinski definition) is 2. The molecule has 0 aliphatic carbocycles. The Bertz CT molecular complexity index is 617. The first-order chi connectivity index (χ1) is 10.9. The monoisotopic (exact) mass is 318 g/mol. The summed E-state index contributed by atoms with van der Waals surface area (Å²) in [5.41, 5.74) is 1.27. The Balaban J connectivity index is 2.24. The van der Waals surface area contributed by atoms with Gasteiger partial charge in [0, 0.05) is 19.5 Å². The van der Waals surface area contributed by atoms with E-state index < -0.39 is 0 Å². The minimum absolute atomic E-state index is 0.0343. The van der Waals surface area contributed by atoms with Gasteiger partial charge in [-0.1, -0.05) is 12.1 Å². The Hall–Kier alpha value is -2.41. The molecule has 23 heavy (non-hydrogen) atoms. The summed E-state index contributed by atoms with van der Waals surface area (Å²) in [6.45, 7) is 1.97. The zero-order valence-electron chi connectivity index (χ0n) is 13.6. The molecular formula is C16H22N4O3. The largest absolute Gasteiger partial charge is 0.335 e. The summed E-state index contributed by atoms with van der Waals surface area (Å²) in [5, 5.41) is 5.58. The van der Waals surface area contributed by atoms with E-state index in [9.17, 15) is 14.4 Å². The van der Waals surface area contributed by atoms with E-state index in [4.69, 9.17) is 0 Å². The Labute approximate surface area is 135 Å². The molecule has 1 atom stereocenters. The van der Waals surface area contributed by atoms with Crippen LogP contribution in [0.25, 0.3) is 0 Å². The second-order valence-corrected chi connectivity index (χ2v) is 5.66. The maximum absolute atomic E-state index is 12.7. The van der Waals surface area contributed by atoms with Gasteiger partial charge in [0.05, 0.1) is 24.5 Å². The number of nitrogens with one attached hydrogen (secondary N) is 2. The molecule has 124 valence electrons. The van der Waals surface area contributed by atoms with Crippen LogP contribution in [0, 0.1) is 0 Å². The summed E-state index contributed by atoms with van der Waals surface area (Å²) >= 11 is 0. The summed E-state index contributed by atoms with van der Waals surface area (Å²) in [5.74, 6) is -0.501. The van der Waals surface area contributed by atoms with Crippen molar-refractivity contribution in [1.29, 1.82) is 0 Å². The predicted molar refractivity (Wildman–Crippen MR) is 88.2 cm³/mol. The van der Waals surface area contributed by atoms with Crippen LogP contribution in [-0.2, 0) is 14.4 Å². The molecule has 0 saturated carbocycles. The van der Waals surface area contributed by atoms with Crippen molar-refractivity contribution in [2.24, 2.45) is 0 Å². The van der Waals surface area contributed by atoms with Crippen LogP contribution in [0.1, 0.15) is 13.3 Å². The number of likely N-dealkylation sites (N-methyl/N-ethyl adjacent to an activating group) is 2. The summed E-state index contributed by atoms with van der Waals surface area (Å²) in [6, 6.07) is 6.91.